The molecule has 0 aromatic rings. The average Bonchev–Trinajstić information content (AvgIpc) is 2.15. The van der Waals surface area contributed by atoms with E-state index in [1.54, 1.807) is 4.90 Å². The Balaban J connectivity index is 2.66. The maximum atomic E-state index is 12.0. The summed E-state index contributed by atoms with van der Waals surface area (Å²) in [7, 11) is 0. The monoisotopic (exact) mass is 239 g/mol. The summed E-state index contributed by atoms with van der Waals surface area (Å²) in [6, 6.07) is 2.06. The predicted octanol–water partition coefficient (Wildman–Crippen LogP) is 1.63. The third-order valence-electron chi connectivity index (χ3n) is 2.71. The zero-order valence-corrected chi connectivity index (χ0v) is 10.8. The summed E-state index contributed by atoms with van der Waals surface area (Å²) in [5.74, 6) is 0. The summed E-state index contributed by atoms with van der Waals surface area (Å²) < 4.78 is 5.33. The van der Waals surface area contributed by atoms with E-state index in [0.29, 0.717) is 19.4 Å². The predicted molar refractivity (Wildman–Crippen MR) is 64.2 cm³/mol. The van der Waals surface area contributed by atoms with Gasteiger partial charge in [0.25, 0.3) is 0 Å². The Morgan fingerprint density at radius 1 is 1.59 bits per heavy atom. The van der Waals surface area contributed by atoms with Crippen molar-refractivity contribution in [3.05, 3.63) is 0 Å². The Bertz CT molecular complexity index is 317. The van der Waals surface area contributed by atoms with E-state index >= 15 is 0 Å². The number of rotatable bonds is 1. The van der Waals surface area contributed by atoms with Crippen molar-refractivity contribution in [1.29, 1.82) is 5.26 Å². The molecule has 1 saturated heterocycles. The number of nitrogens with zero attached hydrogens (tertiary/aromatic N) is 2. The summed E-state index contributed by atoms with van der Waals surface area (Å²) in [6.45, 7) is 6.07. The molecule has 96 valence electrons. The van der Waals surface area contributed by atoms with Crippen molar-refractivity contribution in [2.24, 2.45) is 5.73 Å². The second kappa shape index (κ2) is 5.37. The van der Waals surface area contributed by atoms with Gasteiger partial charge in [-0.25, -0.2) is 4.79 Å². The minimum absolute atomic E-state index is 0.0760. The van der Waals surface area contributed by atoms with Gasteiger partial charge in [0, 0.05) is 18.6 Å². The molecule has 17 heavy (non-hydrogen) atoms. The van der Waals surface area contributed by atoms with Crippen molar-refractivity contribution >= 4 is 6.09 Å². The highest BCUT2D eigenvalue weighted by Gasteiger charge is 2.32. The topological polar surface area (TPSA) is 79.3 Å². The Kier molecular flexibility index (Phi) is 4.35. The van der Waals surface area contributed by atoms with Gasteiger partial charge >= 0.3 is 6.09 Å². The van der Waals surface area contributed by atoms with Gasteiger partial charge in [0.05, 0.1) is 12.5 Å². The molecule has 5 nitrogen and oxygen atoms in total. The highest BCUT2D eigenvalue weighted by atomic mass is 16.6. The minimum Gasteiger partial charge on any atom is -0.444 e. The number of ether oxygens (including phenoxy) is 1. The Labute approximate surface area is 103 Å². The first-order valence-electron chi connectivity index (χ1n) is 5.95. The van der Waals surface area contributed by atoms with Crippen LogP contribution < -0.4 is 5.73 Å². The lowest BCUT2D eigenvalue weighted by Gasteiger charge is -2.38. The van der Waals surface area contributed by atoms with E-state index in [-0.39, 0.29) is 18.2 Å². The van der Waals surface area contributed by atoms with E-state index in [4.69, 9.17) is 15.7 Å². The molecule has 1 fully saturated rings. The van der Waals surface area contributed by atoms with Crippen LogP contribution in [0.5, 0.6) is 0 Å². The van der Waals surface area contributed by atoms with Crippen LogP contribution in [0.15, 0.2) is 0 Å². The van der Waals surface area contributed by atoms with Crippen LogP contribution in [0.1, 0.15) is 40.0 Å². The van der Waals surface area contributed by atoms with Crippen LogP contribution in [0.4, 0.5) is 4.79 Å². The number of carbonyl (C=O) groups excluding carboxylic acids is 1. The molecule has 1 aliphatic rings. The second-order valence-corrected chi connectivity index (χ2v) is 5.47. The van der Waals surface area contributed by atoms with Crippen molar-refractivity contribution in [2.45, 2.75) is 57.7 Å². The summed E-state index contributed by atoms with van der Waals surface area (Å²) in [6.07, 6.45) is 1.41. The maximum Gasteiger partial charge on any atom is 0.410 e. The maximum absolute atomic E-state index is 12.0. The molecule has 1 rings (SSSR count). The lowest BCUT2D eigenvalue weighted by Crippen LogP contribution is -2.50. The molecule has 0 aliphatic carbocycles. The first-order chi connectivity index (χ1) is 7.83. The van der Waals surface area contributed by atoms with Gasteiger partial charge in [0.2, 0.25) is 0 Å². The van der Waals surface area contributed by atoms with E-state index in [1.807, 2.05) is 20.8 Å². The number of piperidine rings is 1. The quantitative estimate of drug-likeness (QED) is 0.754. The molecule has 0 saturated carbocycles. The normalized spacial score (nSPS) is 25.2. The summed E-state index contributed by atoms with van der Waals surface area (Å²) in [4.78, 5) is 13.6. The lowest BCUT2D eigenvalue weighted by molar-refractivity contribution is 0.00896. The van der Waals surface area contributed by atoms with Crippen LogP contribution in [0.3, 0.4) is 0 Å². The fourth-order valence-corrected chi connectivity index (χ4v) is 1.94. The molecule has 0 spiro atoms. The SMILES string of the molecule is CC(C)(C)OC(=O)N1CCC(N)CC1CC#N. The van der Waals surface area contributed by atoms with Gasteiger partial charge in [-0.1, -0.05) is 0 Å². The van der Waals surface area contributed by atoms with Crippen molar-refractivity contribution in [1.82, 2.24) is 4.90 Å². The number of carbonyl (C=O) groups is 1. The van der Waals surface area contributed by atoms with Crippen molar-refractivity contribution in [2.75, 3.05) is 6.54 Å². The summed E-state index contributed by atoms with van der Waals surface area (Å²) >= 11 is 0. The van der Waals surface area contributed by atoms with E-state index in [1.165, 1.54) is 0 Å². The van der Waals surface area contributed by atoms with Crippen molar-refractivity contribution in [3.8, 4) is 6.07 Å². The highest BCUT2D eigenvalue weighted by molar-refractivity contribution is 5.68. The van der Waals surface area contributed by atoms with Gasteiger partial charge in [-0.05, 0) is 33.6 Å². The molecule has 1 aliphatic heterocycles. The van der Waals surface area contributed by atoms with Crippen LogP contribution in [-0.4, -0.2) is 35.2 Å². The zero-order chi connectivity index (χ0) is 13.1. The minimum atomic E-state index is -0.506. The third kappa shape index (κ3) is 4.23. The Morgan fingerprint density at radius 2 is 2.24 bits per heavy atom. The lowest BCUT2D eigenvalue weighted by atomic mass is 9.96. The van der Waals surface area contributed by atoms with Crippen LogP contribution >= 0.6 is 0 Å². The average molecular weight is 239 g/mol. The van der Waals surface area contributed by atoms with Crippen LogP contribution in [-0.2, 0) is 4.74 Å². The molecule has 1 amide bonds. The standard InChI is InChI=1S/C12H21N3O2/c1-12(2,3)17-11(16)15-7-5-9(14)8-10(15)4-6-13/h9-10H,4-5,7-8,14H2,1-3H3. The number of hydrogen-bond donors (Lipinski definition) is 1. The number of amides is 1. The third-order valence-corrected chi connectivity index (χ3v) is 2.71. The molecule has 0 radical (unpaired) electrons. The summed E-state index contributed by atoms with van der Waals surface area (Å²) in [5.41, 5.74) is 5.35. The molecular weight excluding hydrogens is 218 g/mol. The molecule has 5 heteroatoms. The first-order valence-corrected chi connectivity index (χ1v) is 5.95. The number of likely N-dealkylation sites (tertiary alicyclic amines) is 1. The number of hydrogen-bond acceptors (Lipinski definition) is 4. The molecule has 0 aromatic heterocycles. The van der Waals surface area contributed by atoms with Crippen LogP contribution in [0.2, 0.25) is 0 Å². The number of nitrogens with two attached hydrogens (primary N) is 1. The first kappa shape index (κ1) is 13.8. The largest absolute Gasteiger partial charge is 0.444 e. The van der Waals surface area contributed by atoms with Gasteiger partial charge < -0.3 is 15.4 Å². The molecular formula is C12H21N3O2. The highest BCUT2D eigenvalue weighted by Crippen LogP contribution is 2.21. The van der Waals surface area contributed by atoms with E-state index < -0.39 is 5.60 Å². The molecule has 1 heterocycles. The molecule has 0 bridgehead atoms. The second-order valence-electron chi connectivity index (χ2n) is 5.47. The summed E-state index contributed by atoms with van der Waals surface area (Å²) in [5, 5.41) is 8.77. The Morgan fingerprint density at radius 3 is 2.76 bits per heavy atom. The van der Waals surface area contributed by atoms with Gasteiger partial charge in [-0.15, -0.1) is 0 Å². The molecule has 2 atom stereocenters. The smallest absolute Gasteiger partial charge is 0.410 e. The molecule has 2 unspecified atom stereocenters. The van der Waals surface area contributed by atoms with Gasteiger partial charge in [-0.3, -0.25) is 0 Å². The van der Waals surface area contributed by atoms with E-state index in [0.717, 1.165) is 6.42 Å². The molecule has 2 N–H and O–H groups in total. The van der Waals surface area contributed by atoms with Gasteiger partial charge in [-0.2, -0.15) is 5.26 Å². The molecule has 0 aromatic carbocycles. The van der Waals surface area contributed by atoms with E-state index in [2.05, 4.69) is 6.07 Å². The van der Waals surface area contributed by atoms with Crippen molar-refractivity contribution in [3.63, 3.8) is 0 Å². The van der Waals surface area contributed by atoms with Crippen LogP contribution in [0, 0.1) is 11.3 Å². The fraction of sp³-hybridized carbons (Fsp3) is 0.833. The van der Waals surface area contributed by atoms with Crippen LogP contribution in [0.25, 0.3) is 0 Å². The van der Waals surface area contributed by atoms with Crippen molar-refractivity contribution < 1.29 is 9.53 Å². The fourth-order valence-electron chi connectivity index (χ4n) is 1.94. The number of nitriles is 1. The van der Waals surface area contributed by atoms with Gasteiger partial charge in [0.1, 0.15) is 5.60 Å². The zero-order valence-electron chi connectivity index (χ0n) is 10.8. The Hall–Kier alpha value is -1.28. The van der Waals surface area contributed by atoms with Gasteiger partial charge in [0.15, 0.2) is 0 Å². The van der Waals surface area contributed by atoms with E-state index in [9.17, 15) is 4.79 Å².